The second-order valence-electron chi connectivity index (χ2n) is 5.33. The third-order valence-corrected chi connectivity index (χ3v) is 3.47. The molecule has 5 heteroatoms. The molecule has 0 aromatic heterocycles. The van der Waals surface area contributed by atoms with E-state index in [0.717, 1.165) is 5.56 Å². The first-order chi connectivity index (χ1) is 12.0. The third kappa shape index (κ3) is 4.94. The lowest BCUT2D eigenvalue weighted by atomic mass is 10.1. The number of benzene rings is 2. The van der Waals surface area contributed by atoms with Crippen molar-refractivity contribution in [3.63, 3.8) is 0 Å². The van der Waals surface area contributed by atoms with E-state index in [4.69, 9.17) is 9.47 Å². The van der Waals surface area contributed by atoms with Gasteiger partial charge in [-0.05, 0) is 61.9 Å². The number of carbonyl (C=O) groups excluding carboxylic acids is 2. The maximum atomic E-state index is 12.4. The number of hydrogen-bond acceptors (Lipinski definition) is 4. The van der Waals surface area contributed by atoms with Gasteiger partial charge in [-0.3, -0.25) is 4.79 Å². The molecule has 0 saturated carbocycles. The van der Waals surface area contributed by atoms with Gasteiger partial charge in [-0.1, -0.05) is 12.7 Å². The number of esters is 1. The fourth-order valence-electron chi connectivity index (χ4n) is 2.20. The van der Waals surface area contributed by atoms with Crippen LogP contribution in [0.5, 0.6) is 5.75 Å². The van der Waals surface area contributed by atoms with Gasteiger partial charge in [0.25, 0.3) is 5.91 Å². The van der Waals surface area contributed by atoms with Crippen molar-refractivity contribution in [2.24, 2.45) is 0 Å². The van der Waals surface area contributed by atoms with Crippen LogP contribution in [-0.4, -0.2) is 25.1 Å². The summed E-state index contributed by atoms with van der Waals surface area (Å²) in [5, 5.41) is 2.84. The molecule has 5 nitrogen and oxygen atoms in total. The van der Waals surface area contributed by atoms with E-state index in [1.54, 1.807) is 55.5 Å². The molecule has 130 valence electrons. The van der Waals surface area contributed by atoms with Crippen molar-refractivity contribution in [3.8, 4) is 5.75 Å². The molecule has 2 rings (SSSR count). The molecule has 0 atom stereocenters. The highest BCUT2D eigenvalue weighted by molar-refractivity contribution is 6.05. The standard InChI is InChI=1S/C20H21NO4/c1-4-12-25-17-9-6-15(7-10-17)19(22)21-18-11-8-16(13-14(18)3)20(23)24-5-2/h4,6-11,13H,1,5,12H2,2-3H3,(H,21,22). The zero-order valence-electron chi connectivity index (χ0n) is 14.4. The average Bonchev–Trinajstić information content (AvgIpc) is 2.62. The van der Waals surface area contributed by atoms with Gasteiger partial charge >= 0.3 is 5.97 Å². The molecule has 1 amide bonds. The van der Waals surface area contributed by atoms with Crippen molar-refractivity contribution < 1.29 is 19.1 Å². The summed E-state index contributed by atoms with van der Waals surface area (Å²) in [6, 6.07) is 11.9. The van der Waals surface area contributed by atoms with Crippen molar-refractivity contribution in [1.82, 2.24) is 0 Å². The third-order valence-electron chi connectivity index (χ3n) is 3.47. The molecular weight excluding hydrogens is 318 g/mol. The number of aryl methyl sites for hydroxylation is 1. The molecule has 0 bridgehead atoms. The molecule has 0 fully saturated rings. The fraction of sp³-hybridized carbons (Fsp3) is 0.200. The Hall–Kier alpha value is -3.08. The Bertz CT molecular complexity index is 766. The molecule has 1 N–H and O–H groups in total. The highest BCUT2D eigenvalue weighted by Gasteiger charge is 2.11. The van der Waals surface area contributed by atoms with Gasteiger partial charge in [0.05, 0.1) is 12.2 Å². The first-order valence-corrected chi connectivity index (χ1v) is 7.98. The van der Waals surface area contributed by atoms with Crippen molar-refractivity contribution in [1.29, 1.82) is 0 Å². The van der Waals surface area contributed by atoms with Crippen LogP contribution in [0.1, 0.15) is 33.2 Å². The molecule has 2 aromatic rings. The first-order valence-electron chi connectivity index (χ1n) is 7.98. The van der Waals surface area contributed by atoms with E-state index in [0.29, 0.717) is 35.8 Å². The molecule has 0 radical (unpaired) electrons. The van der Waals surface area contributed by atoms with E-state index >= 15 is 0 Å². The molecule has 0 aliphatic rings. The number of hydrogen-bond donors (Lipinski definition) is 1. The van der Waals surface area contributed by atoms with Gasteiger partial charge in [0.15, 0.2) is 0 Å². The molecule has 0 unspecified atom stereocenters. The summed E-state index contributed by atoms with van der Waals surface area (Å²) in [4.78, 5) is 24.1. The molecule has 0 heterocycles. The topological polar surface area (TPSA) is 64.6 Å². The van der Waals surface area contributed by atoms with Crippen molar-refractivity contribution in [2.75, 3.05) is 18.5 Å². The summed E-state index contributed by atoms with van der Waals surface area (Å²) in [5.74, 6) is 0.0623. The zero-order valence-corrected chi connectivity index (χ0v) is 14.4. The van der Waals surface area contributed by atoms with Gasteiger partial charge < -0.3 is 14.8 Å². The Morgan fingerprint density at radius 1 is 1.12 bits per heavy atom. The number of rotatable bonds is 7. The summed E-state index contributed by atoms with van der Waals surface area (Å²) in [6.45, 7) is 7.90. The Balaban J connectivity index is 2.07. The van der Waals surface area contributed by atoms with Crippen molar-refractivity contribution >= 4 is 17.6 Å². The predicted molar refractivity (Wildman–Crippen MR) is 97.2 cm³/mol. The van der Waals surface area contributed by atoms with Gasteiger partial charge in [-0.2, -0.15) is 0 Å². The van der Waals surface area contributed by atoms with E-state index in [2.05, 4.69) is 11.9 Å². The minimum absolute atomic E-state index is 0.234. The predicted octanol–water partition coefficient (Wildman–Crippen LogP) is 3.99. The van der Waals surface area contributed by atoms with Crippen LogP contribution in [-0.2, 0) is 4.74 Å². The number of ether oxygens (including phenoxy) is 2. The van der Waals surface area contributed by atoms with E-state index < -0.39 is 0 Å². The molecule has 0 aliphatic carbocycles. The molecule has 0 aliphatic heterocycles. The highest BCUT2D eigenvalue weighted by atomic mass is 16.5. The van der Waals surface area contributed by atoms with Crippen LogP contribution in [0.25, 0.3) is 0 Å². The number of carbonyl (C=O) groups is 2. The van der Waals surface area contributed by atoms with E-state index in [1.807, 2.05) is 6.92 Å². The second kappa shape index (κ2) is 8.68. The van der Waals surface area contributed by atoms with Gasteiger partial charge in [0.2, 0.25) is 0 Å². The van der Waals surface area contributed by atoms with Crippen LogP contribution < -0.4 is 10.1 Å². The van der Waals surface area contributed by atoms with Gasteiger partial charge in [-0.25, -0.2) is 4.79 Å². The van der Waals surface area contributed by atoms with E-state index in [-0.39, 0.29) is 11.9 Å². The normalized spacial score (nSPS) is 10.0. The van der Waals surface area contributed by atoms with E-state index in [9.17, 15) is 9.59 Å². The Kier molecular flexibility index (Phi) is 6.34. The quantitative estimate of drug-likeness (QED) is 0.612. The summed E-state index contributed by atoms with van der Waals surface area (Å²) in [5.41, 5.74) is 2.40. The van der Waals surface area contributed by atoms with Crippen molar-refractivity contribution in [3.05, 3.63) is 71.8 Å². The van der Waals surface area contributed by atoms with Crippen LogP contribution in [0, 0.1) is 6.92 Å². The average molecular weight is 339 g/mol. The smallest absolute Gasteiger partial charge is 0.338 e. The van der Waals surface area contributed by atoms with Crippen LogP contribution in [0.2, 0.25) is 0 Å². The van der Waals surface area contributed by atoms with Crippen LogP contribution in [0.4, 0.5) is 5.69 Å². The Labute approximate surface area is 147 Å². The monoisotopic (exact) mass is 339 g/mol. The summed E-state index contributed by atoms with van der Waals surface area (Å²) >= 11 is 0. The summed E-state index contributed by atoms with van der Waals surface area (Å²) in [7, 11) is 0. The minimum atomic E-state index is -0.376. The van der Waals surface area contributed by atoms with Crippen LogP contribution >= 0.6 is 0 Å². The molecule has 0 spiro atoms. The molecular formula is C20H21NO4. The lowest BCUT2D eigenvalue weighted by Crippen LogP contribution is -2.13. The molecule has 25 heavy (non-hydrogen) atoms. The van der Waals surface area contributed by atoms with Gasteiger partial charge in [0.1, 0.15) is 12.4 Å². The summed E-state index contributed by atoms with van der Waals surface area (Å²) < 4.78 is 10.4. The largest absolute Gasteiger partial charge is 0.490 e. The number of anilines is 1. The number of nitrogens with one attached hydrogen (secondary N) is 1. The Morgan fingerprint density at radius 3 is 2.40 bits per heavy atom. The Morgan fingerprint density at radius 2 is 1.80 bits per heavy atom. The van der Waals surface area contributed by atoms with Crippen molar-refractivity contribution in [2.45, 2.75) is 13.8 Å². The molecule has 0 saturated heterocycles. The lowest BCUT2D eigenvalue weighted by Gasteiger charge is -2.10. The second-order valence-corrected chi connectivity index (χ2v) is 5.33. The van der Waals surface area contributed by atoms with Crippen LogP contribution in [0.15, 0.2) is 55.1 Å². The van der Waals surface area contributed by atoms with Crippen LogP contribution in [0.3, 0.4) is 0 Å². The fourth-order valence-corrected chi connectivity index (χ4v) is 2.20. The lowest BCUT2D eigenvalue weighted by molar-refractivity contribution is 0.0526. The minimum Gasteiger partial charge on any atom is -0.490 e. The maximum Gasteiger partial charge on any atom is 0.338 e. The SMILES string of the molecule is C=CCOc1ccc(C(=O)Nc2ccc(C(=O)OCC)cc2C)cc1. The molecule has 2 aromatic carbocycles. The first kappa shape index (κ1) is 18.3. The zero-order chi connectivity index (χ0) is 18.2. The summed E-state index contributed by atoms with van der Waals surface area (Å²) in [6.07, 6.45) is 1.66. The maximum absolute atomic E-state index is 12.4. The van der Waals surface area contributed by atoms with E-state index in [1.165, 1.54) is 0 Å². The van der Waals surface area contributed by atoms with Gasteiger partial charge in [0, 0.05) is 11.3 Å². The van der Waals surface area contributed by atoms with Gasteiger partial charge in [-0.15, -0.1) is 0 Å². The number of amides is 1. The highest BCUT2D eigenvalue weighted by Crippen LogP contribution is 2.19.